The third kappa shape index (κ3) is 4.85. The number of aliphatic carboxylic acids is 1. The number of carbonyl (C=O) groups is 2. The van der Waals surface area contributed by atoms with Crippen LogP contribution in [0, 0.1) is 5.92 Å². The number of nitrogens with zero attached hydrogens (tertiary/aromatic N) is 2. The van der Waals surface area contributed by atoms with Crippen LogP contribution < -0.4 is 16.6 Å². The van der Waals surface area contributed by atoms with Gasteiger partial charge in [-0.3, -0.25) is 23.9 Å². The summed E-state index contributed by atoms with van der Waals surface area (Å²) >= 11 is 0. The molecule has 2 aromatic heterocycles. The van der Waals surface area contributed by atoms with E-state index in [0.717, 1.165) is 0 Å². The Morgan fingerprint density at radius 2 is 1.93 bits per heavy atom. The van der Waals surface area contributed by atoms with Crippen molar-refractivity contribution in [3.63, 3.8) is 0 Å². The number of fused-ring (bicyclic) bond motifs is 1. The molecule has 0 unspecified atom stereocenters. The molecule has 3 N–H and O–H groups in total. The van der Waals surface area contributed by atoms with Gasteiger partial charge in [-0.25, -0.2) is 9.78 Å². The molecule has 0 saturated carbocycles. The van der Waals surface area contributed by atoms with Crippen molar-refractivity contribution in [2.45, 2.75) is 53.0 Å². The minimum absolute atomic E-state index is 0.0233. The van der Waals surface area contributed by atoms with Crippen LogP contribution in [-0.2, 0) is 11.3 Å². The Hall–Kier alpha value is -2.97. The standard InChI is InChI=1S/C19H26N4O5/c1-10(2)9-23-16-15(18(27)22-19(23)28)12(8-13(21-16)11(3)4)17(26)20-7-5-6-14(24)25/h8,10-11H,5-7,9H2,1-4H3,(H,20,26)(H,24,25)(H,22,27,28). The molecule has 2 heterocycles. The third-order valence-corrected chi connectivity index (χ3v) is 4.21. The molecule has 2 rings (SSSR count). The fourth-order valence-electron chi connectivity index (χ4n) is 2.84. The summed E-state index contributed by atoms with van der Waals surface area (Å²) in [6, 6.07) is 1.55. The highest BCUT2D eigenvalue weighted by atomic mass is 16.4. The van der Waals surface area contributed by atoms with Crippen molar-refractivity contribution in [2.24, 2.45) is 5.92 Å². The molecule has 0 radical (unpaired) electrons. The predicted molar refractivity (Wildman–Crippen MR) is 105 cm³/mol. The third-order valence-electron chi connectivity index (χ3n) is 4.21. The zero-order valence-corrected chi connectivity index (χ0v) is 16.5. The van der Waals surface area contributed by atoms with Gasteiger partial charge in [0.2, 0.25) is 0 Å². The van der Waals surface area contributed by atoms with Gasteiger partial charge < -0.3 is 10.4 Å². The Labute approximate surface area is 161 Å². The lowest BCUT2D eigenvalue weighted by atomic mass is 10.0. The van der Waals surface area contributed by atoms with Crippen LogP contribution in [0.4, 0.5) is 0 Å². The van der Waals surface area contributed by atoms with Gasteiger partial charge in [-0.1, -0.05) is 27.7 Å². The van der Waals surface area contributed by atoms with Gasteiger partial charge in [0.1, 0.15) is 0 Å². The van der Waals surface area contributed by atoms with Crippen LogP contribution >= 0.6 is 0 Å². The van der Waals surface area contributed by atoms with Crippen LogP contribution in [0.5, 0.6) is 0 Å². The summed E-state index contributed by atoms with van der Waals surface area (Å²) in [5, 5.41) is 11.4. The monoisotopic (exact) mass is 390 g/mol. The number of hydrogen-bond acceptors (Lipinski definition) is 5. The van der Waals surface area contributed by atoms with Crippen LogP contribution in [0.25, 0.3) is 11.0 Å². The Morgan fingerprint density at radius 3 is 2.50 bits per heavy atom. The molecule has 0 spiro atoms. The molecule has 0 aliphatic carbocycles. The summed E-state index contributed by atoms with van der Waals surface area (Å²) in [6.45, 7) is 8.19. The van der Waals surface area contributed by atoms with E-state index in [2.05, 4.69) is 15.3 Å². The Morgan fingerprint density at radius 1 is 1.25 bits per heavy atom. The van der Waals surface area contributed by atoms with Crippen molar-refractivity contribution >= 4 is 22.9 Å². The van der Waals surface area contributed by atoms with E-state index >= 15 is 0 Å². The second-order valence-corrected chi connectivity index (χ2v) is 7.46. The van der Waals surface area contributed by atoms with Crippen molar-refractivity contribution < 1.29 is 14.7 Å². The lowest BCUT2D eigenvalue weighted by Crippen LogP contribution is -2.34. The molecule has 0 saturated heterocycles. The number of amides is 1. The molecule has 152 valence electrons. The van der Waals surface area contributed by atoms with Gasteiger partial charge in [0.15, 0.2) is 5.65 Å². The van der Waals surface area contributed by atoms with Gasteiger partial charge >= 0.3 is 11.7 Å². The number of carboxylic acids is 1. The normalized spacial score (nSPS) is 11.4. The Balaban J connectivity index is 2.61. The van der Waals surface area contributed by atoms with Crippen LogP contribution in [-0.4, -0.2) is 38.1 Å². The van der Waals surface area contributed by atoms with E-state index in [9.17, 15) is 19.2 Å². The quantitative estimate of drug-likeness (QED) is 0.584. The number of hydrogen-bond donors (Lipinski definition) is 3. The van der Waals surface area contributed by atoms with E-state index in [1.807, 2.05) is 27.7 Å². The van der Waals surface area contributed by atoms with E-state index in [0.29, 0.717) is 12.2 Å². The summed E-state index contributed by atoms with van der Waals surface area (Å²) in [7, 11) is 0. The fraction of sp³-hybridized carbons (Fsp3) is 0.526. The molecule has 0 aromatic carbocycles. The van der Waals surface area contributed by atoms with E-state index in [1.54, 1.807) is 6.07 Å². The van der Waals surface area contributed by atoms with E-state index in [1.165, 1.54) is 4.57 Å². The Kier molecular flexibility index (Phi) is 6.71. The summed E-state index contributed by atoms with van der Waals surface area (Å²) in [5.41, 5.74) is -0.330. The second kappa shape index (κ2) is 8.81. The first-order valence-corrected chi connectivity index (χ1v) is 9.29. The van der Waals surface area contributed by atoms with E-state index in [-0.39, 0.29) is 47.8 Å². The van der Waals surface area contributed by atoms with Crippen molar-refractivity contribution in [3.05, 3.63) is 38.2 Å². The molecule has 2 aromatic rings. The molecule has 0 fully saturated rings. The van der Waals surface area contributed by atoms with Gasteiger partial charge in [0, 0.05) is 25.2 Å². The van der Waals surface area contributed by atoms with Crippen LogP contribution in [0.3, 0.4) is 0 Å². The highest BCUT2D eigenvalue weighted by Gasteiger charge is 2.20. The molecular weight excluding hydrogens is 364 g/mol. The van der Waals surface area contributed by atoms with Crippen molar-refractivity contribution in [1.82, 2.24) is 19.9 Å². The minimum Gasteiger partial charge on any atom is -0.481 e. The number of pyridine rings is 1. The SMILES string of the molecule is CC(C)Cn1c(=O)[nH]c(=O)c2c(C(=O)NCCCC(=O)O)cc(C(C)C)nc21. The lowest BCUT2D eigenvalue weighted by Gasteiger charge is -2.16. The average Bonchev–Trinajstić information content (AvgIpc) is 2.60. The molecule has 28 heavy (non-hydrogen) atoms. The summed E-state index contributed by atoms with van der Waals surface area (Å²) in [5.74, 6) is -1.34. The highest BCUT2D eigenvalue weighted by molar-refractivity contribution is 6.05. The molecular formula is C19H26N4O5. The number of aromatic nitrogens is 3. The second-order valence-electron chi connectivity index (χ2n) is 7.46. The first-order valence-electron chi connectivity index (χ1n) is 9.29. The first kappa shape index (κ1) is 21.3. The maximum Gasteiger partial charge on any atom is 0.330 e. The van der Waals surface area contributed by atoms with Gasteiger partial charge in [-0.15, -0.1) is 0 Å². The van der Waals surface area contributed by atoms with E-state index < -0.39 is 23.1 Å². The number of H-pyrrole nitrogens is 1. The van der Waals surface area contributed by atoms with Gasteiger partial charge in [-0.05, 0) is 24.3 Å². The molecule has 0 aliphatic heterocycles. The molecule has 0 aliphatic rings. The molecule has 0 bridgehead atoms. The smallest absolute Gasteiger partial charge is 0.330 e. The molecule has 9 heteroatoms. The number of carbonyl (C=O) groups excluding carboxylic acids is 1. The maximum absolute atomic E-state index is 12.7. The van der Waals surface area contributed by atoms with Gasteiger partial charge in [-0.2, -0.15) is 0 Å². The summed E-state index contributed by atoms with van der Waals surface area (Å²) < 4.78 is 1.38. The lowest BCUT2D eigenvalue weighted by molar-refractivity contribution is -0.137. The van der Waals surface area contributed by atoms with Crippen LogP contribution in [0.15, 0.2) is 15.7 Å². The summed E-state index contributed by atoms with van der Waals surface area (Å²) in [4.78, 5) is 54.9. The predicted octanol–water partition coefficient (Wildman–Crippen LogP) is 1.46. The van der Waals surface area contributed by atoms with Gasteiger partial charge in [0.25, 0.3) is 11.5 Å². The first-order chi connectivity index (χ1) is 13.1. The number of carboxylic acid groups (broad SMARTS) is 1. The number of nitrogens with one attached hydrogen (secondary N) is 2. The number of rotatable bonds is 8. The number of aromatic amines is 1. The average molecular weight is 390 g/mol. The van der Waals surface area contributed by atoms with Crippen molar-refractivity contribution in [1.29, 1.82) is 0 Å². The topological polar surface area (TPSA) is 134 Å². The zero-order chi connectivity index (χ0) is 21.0. The minimum atomic E-state index is -0.945. The van der Waals surface area contributed by atoms with Gasteiger partial charge in [0.05, 0.1) is 10.9 Å². The largest absolute Gasteiger partial charge is 0.481 e. The van der Waals surface area contributed by atoms with Crippen LogP contribution in [0.2, 0.25) is 0 Å². The Bertz CT molecular complexity index is 1000. The summed E-state index contributed by atoms with van der Waals surface area (Å²) in [6.07, 6.45) is 0.207. The molecule has 9 nitrogen and oxygen atoms in total. The van der Waals surface area contributed by atoms with Crippen LogP contribution in [0.1, 0.15) is 62.5 Å². The highest BCUT2D eigenvalue weighted by Crippen LogP contribution is 2.20. The van der Waals surface area contributed by atoms with Crippen molar-refractivity contribution in [2.75, 3.05) is 6.54 Å². The molecule has 0 atom stereocenters. The van der Waals surface area contributed by atoms with Crippen molar-refractivity contribution in [3.8, 4) is 0 Å². The van der Waals surface area contributed by atoms with E-state index in [4.69, 9.17) is 5.11 Å². The molecule has 1 amide bonds. The fourth-order valence-corrected chi connectivity index (χ4v) is 2.84. The maximum atomic E-state index is 12.7. The zero-order valence-electron chi connectivity index (χ0n) is 16.5.